The van der Waals surface area contributed by atoms with Crippen LogP contribution in [0.15, 0.2) is 79.3 Å². The summed E-state index contributed by atoms with van der Waals surface area (Å²) in [6.45, 7) is 4.57. The number of carbonyl (C=O) groups excluding carboxylic acids is 1. The van der Waals surface area contributed by atoms with Crippen molar-refractivity contribution in [2.24, 2.45) is 0 Å². The summed E-state index contributed by atoms with van der Waals surface area (Å²) in [6.07, 6.45) is 6.78. The number of anilines is 1. The first-order chi connectivity index (χ1) is 19.1. The van der Waals surface area contributed by atoms with Gasteiger partial charge in [0.1, 0.15) is 5.82 Å². The molecule has 2 aromatic heterocycles. The second kappa shape index (κ2) is 12.6. The van der Waals surface area contributed by atoms with Gasteiger partial charge in [-0.2, -0.15) is 5.10 Å². The molecule has 0 saturated heterocycles. The van der Waals surface area contributed by atoms with Crippen molar-refractivity contribution >= 4 is 34.1 Å². The van der Waals surface area contributed by atoms with Gasteiger partial charge in [0.05, 0.1) is 17.4 Å². The molecule has 200 valence electrons. The Hall–Kier alpha value is -4.14. The number of aryl methyl sites for hydroxylation is 1. The molecular weight excluding hydrogens is 510 g/mol. The molecule has 1 amide bonds. The summed E-state index contributed by atoms with van der Waals surface area (Å²) in [5.41, 5.74) is 6.17. The number of benzene rings is 3. The molecule has 5 rings (SSSR count). The summed E-state index contributed by atoms with van der Waals surface area (Å²) in [4.78, 5) is 16.6. The molecule has 4 N–H and O–H groups in total. The Morgan fingerprint density at radius 2 is 1.92 bits per heavy atom. The Balaban J connectivity index is 1.02. The van der Waals surface area contributed by atoms with Crippen LogP contribution in [-0.2, 0) is 11.3 Å². The number of H-pyrrole nitrogens is 1. The molecule has 0 saturated carbocycles. The highest BCUT2D eigenvalue weighted by molar-refractivity contribution is 6.33. The Kier molecular flexibility index (Phi) is 8.55. The Morgan fingerprint density at radius 1 is 1.05 bits per heavy atom. The molecule has 8 nitrogen and oxygen atoms in total. The van der Waals surface area contributed by atoms with E-state index in [0.29, 0.717) is 26.1 Å². The number of carbonyl (C=O) groups is 1. The molecular formula is C30H32ClN7O. The molecule has 0 atom stereocenters. The zero-order valence-corrected chi connectivity index (χ0v) is 22.6. The van der Waals surface area contributed by atoms with Gasteiger partial charge >= 0.3 is 0 Å². The molecule has 0 aliphatic rings. The first-order valence-corrected chi connectivity index (χ1v) is 13.5. The zero-order valence-electron chi connectivity index (χ0n) is 21.9. The minimum Gasteiger partial charge on any atom is -0.384 e. The van der Waals surface area contributed by atoms with Gasteiger partial charge in [-0.3, -0.25) is 9.89 Å². The monoisotopic (exact) mass is 541 g/mol. The second-order valence-electron chi connectivity index (χ2n) is 9.41. The predicted octanol–water partition coefficient (Wildman–Crippen LogP) is 5.48. The number of halogens is 1. The quantitative estimate of drug-likeness (QED) is 0.157. The normalized spacial score (nSPS) is 11.1. The number of hydrogen-bond acceptors (Lipinski definition) is 5. The standard InChI is InChI=1S/C30H32ClN7O/c1-21-33-14-15-38(21)24-17-28(26-20-36-37-29(26)18-24)34-11-5-12-35-30(39)10-13-32-19-22-8-9-25(27(31)16-22)23-6-3-2-4-7-23/h2-4,6-9,14-18,20,32,34H,5,10-13,19H2,1H3,(H,35,39)(H,36,37). The van der Waals surface area contributed by atoms with Crippen molar-refractivity contribution in [3.8, 4) is 16.8 Å². The predicted molar refractivity (Wildman–Crippen MR) is 157 cm³/mol. The van der Waals surface area contributed by atoms with E-state index in [9.17, 15) is 4.79 Å². The van der Waals surface area contributed by atoms with E-state index in [-0.39, 0.29) is 5.91 Å². The lowest BCUT2D eigenvalue weighted by atomic mass is 10.0. The van der Waals surface area contributed by atoms with Gasteiger partial charge in [0.2, 0.25) is 5.91 Å². The largest absolute Gasteiger partial charge is 0.384 e. The fraction of sp³-hybridized carbons (Fsp3) is 0.233. The van der Waals surface area contributed by atoms with Crippen LogP contribution >= 0.6 is 11.6 Å². The Morgan fingerprint density at radius 3 is 2.72 bits per heavy atom. The van der Waals surface area contributed by atoms with E-state index in [2.05, 4.69) is 49.3 Å². The minimum absolute atomic E-state index is 0.0368. The van der Waals surface area contributed by atoms with Crippen LogP contribution < -0.4 is 16.0 Å². The fourth-order valence-corrected chi connectivity index (χ4v) is 4.87. The number of aromatic nitrogens is 4. The SMILES string of the molecule is Cc1nccn1-c1cc(NCCCNC(=O)CCNCc2ccc(-c3ccccc3)c(Cl)c2)c2cn[nH]c2c1. The summed E-state index contributed by atoms with van der Waals surface area (Å²) in [5.74, 6) is 0.955. The van der Waals surface area contributed by atoms with E-state index in [1.807, 2.05) is 66.3 Å². The molecule has 9 heteroatoms. The van der Waals surface area contributed by atoms with E-state index in [4.69, 9.17) is 11.6 Å². The van der Waals surface area contributed by atoms with Gasteiger partial charge in [-0.25, -0.2) is 4.98 Å². The maximum absolute atomic E-state index is 12.3. The van der Waals surface area contributed by atoms with Crippen molar-refractivity contribution in [3.63, 3.8) is 0 Å². The van der Waals surface area contributed by atoms with Crippen molar-refractivity contribution in [2.75, 3.05) is 25.0 Å². The maximum Gasteiger partial charge on any atom is 0.221 e. The van der Waals surface area contributed by atoms with E-state index < -0.39 is 0 Å². The average Bonchev–Trinajstić information content (AvgIpc) is 3.60. The van der Waals surface area contributed by atoms with Gasteiger partial charge in [0, 0.05) is 66.7 Å². The molecule has 5 aromatic rings. The molecule has 0 radical (unpaired) electrons. The summed E-state index contributed by atoms with van der Waals surface area (Å²) < 4.78 is 2.04. The van der Waals surface area contributed by atoms with Gasteiger partial charge in [-0.05, 0) is 42.7 Å². The smallest absolute Gasteiger partial charge is 0.221 e. The van der Waals surface area contributed by atoms with Crippen molar-refractivity contribution in [1.29, 1.82) is 0 Å². The average molecular weight is 542 g/mol. The molecule has 0 aliphatic carbocycles. The van der Waals surface area contributed by atoms with Gasteiger partial charge in [-0.1, -0.05) is 54.1 Å². The van der Waals surface area contributed by atoms with Crippen molar-refractivity contribution in [2.45, 2.75) is 26.3 Å². The Labute approximate surface area is 232 Å². The molecule has 3 aromatic carbocycles. The number of nitrogens with zero attached hydrogens (tertiary/aromatic N) is 3. The summed E-state index contributed by atoms with van der Waals surface area (Å²) in [5, 5.41) is 18.8. The lowest BCUT2D eigenvalue weighted by Gasteiger charge is -2.12. The fourth-order valence-electron chi connectivity index (χ4n) is 4.55. The number of aromatic amines is 1. The lowest BCUT2D eigenvalue weighted by molar-refractivity contribution is -0.120. The highest BCUT2D eigenvalue weighted by atomic mass is 35.5. The van der Waals surface area contributed by atoms with E-state index >= 15 is 0 Å². The van der Waals surface area contributed by atoms with Gasteiger partial charge in [-0.15, -0.1) is 0 Å². The number of rotatable bonds is 12. The second-order valence-corrected chi connectivity index (χ2v) is 9.81. The third-order valence-electron chi connectivity index (χ3n) is 6.61. The molecule has 0 unspecified atom stereocenters. The minimum atomic E-state index is 0.0368. The highest BCUT2D eigenvalue weighted by Crippen LogP contribution is 2.29. The molecule has 2 heterocycles. The number of nitrogens with one attached hydrogen (secondary N) is 4. The van der Waals surface area contributed by atoms with E-state index in [0.717, 1.165) is 62.8 Å². The van der Waals surface area contributed by atoms with Gasteiger partial charge < -0.3 is 20.5 Å². The summed E-state index contributed by atoms with van der Waals surface area (Å²) >= 11 is 6.50. The topological polar surface area (TPSA) is 99.7 Å². The third-order valence-corrected chi connectivity index (χ3v) is 6.93. The number of fused-ring (bicyclic) bond motifs is 1. The first kappa shape index (κ1) is 26.5. The number of amides is 1. The first-order valence-electron chi connectivity index (χ1n) is 13.1. The molecule has 0 bridgehead atoms. The van der Waals surface area contributed by atoms with Crippen LogP contribution in [0.3, 0.4) is 0 Å². The Bertz CT molecular complexity index is 1540. The number of imidazole rings is 1. The van der Waals surface area contributed by atoms with Gasteiger partial charge in [0.15, 0.2) is 0 Å². The van der Waals surface area contributed by atoms with Crippen LogP contribution in [0.2, 0.25) is 5.02 Å². The van der Waals surface area contributed by atoms with Crippen molar-refractivity contribution < 1.29 is 4.79 Å². The molecule has 0 fully saturated rings. The molecule has 39 heavy (non-hydrogen) atoms. The van der Waals surface area contributed by atoms with E-state index in [1.54, 1.807) is 6.20 Å². The zero-order chi connectivity index (χ0) is 27.0. The van der Waals surface area contributed by atoms with Crippen LogP contribution in [0.5, 0.6) is 0 Å². The van der Waals surface area contributed by atoms with Crippen LogP contribution in [0.25, 0.3) is 27.7 Å². The van der Waals surface area contributed by atoms with Crippen LogP contribution in [0, 0.1) is 6.92 Å². The van der Waals surface area contributed by atoms with E-state index in [1.165, 1.54) is 0 Å². The lowest BCUT2D eigenvalue weighted by Crippen LogP contribution is -2.29. The van der Waals surface area contributed by atoms with Gasteiger partial charge in [0.25, 0.3) is 0 Å². The maximum atomic E-state index is 12.3. The van der Waals surface area contributed by atoms with Crippen LogP contribution in [0.4, 0.5) is 5.69 Å². The van der Waals surface area contributed by atoms with Crippen LogP contribution in [-0.4, -0.2) is 45.3 Å². The summed E-state index contributed by atoms with van der Waals surface area (Å²) in [6, 6.07) is 20.3. The number of hydrogen-bond donors (Lipinski definition) is 4. The van der Waals surface area contributed by atoms with Crippen LogP contribution in [0.1, 0.15) is 24.2 Å². The third kappa shape index (κ3) is 6.66. The van der Waals surface area contributed by atoms with Crippen molar-refractivity contribution in [1.82, 2.24) is 30.4 Å². The summed E-state index contributed by atoms with van der Waals surface area (Å²) in [7, 11) is 0. The molecule has 0 spiro atoms. The molecule has 0 aliphatic heterocycles. The van der Waals surface area contributed by atoms with Crippen molar-refractivity contribution in [3.05, 3.63) is 95.7 Å². The highest BCUT2D eigenvalue weighted by Gasteiger charge is 2.09.